The number of hydrogen-bond donors (Lipinski definition) is 1. The quantitative estimate of drug-likeness (QED) is 0.868. The third-order valence-corrected chi connectivity index (χ3v) is 4.56. The van der Waals surface area contributed by atoms with Crippen molar-refractivity contribution >= 4 is 33.4 Å². The van der Waals surface area contributed by atoms with E-state index in [4.69, 9.17) is 4.74 Å². The van der Waals surface area contributed by atoms with E-state index in [0.29, 0.717) is 6.54 Å². The lowest BCUT2D eigenvalue weighted by molar-refractivity contribution is -0.134. The van der Waals surface area contributed by atoms with Crippen LogP contribution in [0.3, 0.4) is 0 Å². The summed E-state index contributed by atoms with van der Waals surface area (Å²) in [5, 5.41) is 2.83. The van der Waals surface area contributed by atoms with E-state index in [2.05, 4.69) is 21.2 Å². The van der Waals surface area contributed by atoms with E-state index in [9.17, 15) is 9.59 Å². The zero-order valence-electron chi connectivity index (χ0n) is 12.9. The molecule has 0 bridgehead atoms. The number of hydrogen-bond acceptors (Lipinski definition) is 3. The van der Waals surface area contributed by atoms with Crippen molar-refractivity contribution in [1.82, 2.24) is 4.90 Å². The van der Waals surface area contributed by atoms with Crippen LogP contribution in [0, 0.1) is 6.92 Å². The van der Waals surface area contributed by atoms with Gasteiger partial charge < -0.3 is 15.0 Å². The number of ether oxygens (including phenoxy) is 1. The Labute approximate surface area is 139 Å². The number of carbonyl (C=O) groups excluding carboxylic acids is 2. The molecule has 0 radical (unpaired) electrons. The van der Waals surface area contributed by atoms with Crippen LogP contribution in [0.2, 0.25) is 0 Å². The molecule has 1 heterocycles. The van der Waals surface area contributed by atoms with Gasteiger partial charge in [-0.05, 0) is 43.5 Å². The van der Waals surface area contributed by atoms with Crippen molar-refractivity contribution in [2.24, 2.45) is 0 Å². The second kappa shape index (κ2) is 7.74. The molecule has 1 unspecified atom stereocenters. The summed E-state index contributed by atoms with van der Waals surface area (Å²) in [5.74, 6) is -0.312. The van der Waals surface area contributed by atoms with Crippen LogP contribution in [0.5, 0.6) is 0 Å². The maximum Gasteiger partial charge on any atom is 0.243 e. The molecule has 5 nitrogen and oxygen atoms in total. The van der Waals surface area contributed by atoms with Gasteiger partial charge in [0.05, 0.1) is 12.6 Å². The number of nitrogens with zero attached hydrogens (tertiary/aromatic N) is 1. The Morgan fingerprint density at radius 3 is 2.82 bits per heavy atom. The van der Waals surface area contributed by atoms with Gasteiger partial charge in [-0.25, -0.2) is 0 Å². The average molecular weight is 369 g/mol. The molecule has 2 amide bonds. The monoisotopic (exact) mass is 368 g/mol. The molecule has 1 atom stereocenters. The lowest BCUT2D eigenvalue weighted by Gasteiger charge is -2.23. The SMILES string of the molecule is CC(=O)N(CC(=O)Nc1ccc(Br)c(C)c1)CC1CCCO1. The van der Waals surface area contributed by atoms with Crippen LogP contribution in [0.4, 0.5) is 5.69 Å². The van der Waals surface area contributed by atoms with Crippen molar-refractivity contribution in [2.45, 2.75) is 32.8 Å². The van der Waals surface area contributed by atoms with E-state index in [1.54, 1.807) is 0 Å². The predicted molar refractivity (Wildman–Crippen MR) is 88.7 cm³/mol. The first kappa shape index (κ1) is 17.0. The largest absolute Gasteiger partial charge is 0.376 e. The van der Waals surface area contributed by atoms with Gasteiger partial charge in [0, 0.05) is 30.2 Å². The van der Waals surface area contributed by atoms with Crippen LogP contribution in [-0.4, -0.2) is 42.5 Å². The van der Waals surface area contributed by atoms with Crippen LogP contribution in [0.25, 0.3) is 0 Å². The van der Waals surface area contributed by atoms with Gasteiger partial charge in [-0.1, -0.05) is 15.9 Å². The minimum absolute atomic E-state index is 0.0459. The molecule has 1 fully saturated rings. The van der Waals surface area contributed by atoms with Crippen LogP contribution in [-0.2, 0) is 14.3 Å². The number of benzene rings is 1. The summed E-state index contributed by atoms with van der Waals surface area (Å²) in [7, 11) is 0. The Morgan fingerprint density at radius 2 is 2.23 bits per heavy atom. The Morgan fingerprint density at radius 1 is 1.45 bits per heavy atom. The number of anilines is 1. The summed E-state index contributed by atoms with van der Waals surface area (Å²) in [5.41, 5.74) is 1.77. The average Bonchev–Trinajstić information content (AvgIpc) is 2.95. The number of carbonyl (C=O) groups is 2. The Kier molecular flexibility index (Phi) is 5.97. The van der Waals surface area contributed by atoms with Crippen molar-refractivity contribution in [3.63, 3.8) is 0 Å². The number of aryl methyl sites for hydroxylation is 1. The molecular formula is C16H21BrN2O3. The second-order valence-electron chi connectivity index (χ2n) is 5.55. The van der Waals surface area contributed by atoms with Crippen molar-refractivity contribution in [2.75, 3.05) is 25.0 Å². The first-order valence-electron chi connectivity index (χ1n) is 7.39. The van der Waals surface area contributed by atoms with Crippen molar-refractivity contribution in [3.8, 4) is 0 Å². The number of amides is 2. The standard InChI is InChI=1S/C16H21BrN2O3/c1-11-8-13(5-6-15(11)17)18-16(21)10-19(12(2)20)9-14-4-3-7-22-14/h5-6,8,14H,3-4,7,9-10H2,1-2H3,(H,18,21). The maximum atomic E-state index is 12.1. The highest BCUT2D eigenvalue weighted by Crippen LogP contribution is 2.20. The molecule has 120 valence electrons. The fourth-order valence-corrected chi connectivity index (χ4v) is 2.68. The van der Waals surface area contributed by atoms with Gasteiger partial charge >= 0.3 is 0 Å². The summed E-state index contributed by atoms with van der Waals surface area (Å²) in [6.07, 6.45) is 2.00. The second-order valence-corrected chi connectivity index (χ2v) is 6.40. The third kappa shape index (κ3) is 4.81. The summed E-state index contributed by atoms with van der Waals surface area (Å²) in [4.78, 5) is 25.4. The molecule has 2 rings (SSSR count). The highest BCUT2D eigenvalue weighted by Gasteiger charge is 2.22. The molecular weight excluding hydrogens is 348 g/mol. The summed E-state index contributed by atoms with van der Waals surface area (Å²) in [6, 6.07) is 5.60. The summed E-state index contributed by atoms with van der Waals surface area (Å²) in [6.45, 7) is 4.69. The molecule has 6 heteroatoms. The smallest absolute Gasteiger partial charge is 0.243 e. The van der Waals surface area contributed by atoms with Gasteiger partial charge in [0.25, 0.3) is 0 Å². The molecule has 0 spiro atoms. The fourth-order valence-electron chi connectivity index (χ4n) is 2.43. The van der Waals surface area contributed by atoms with E-state index in [1.807, 2.05) is 25.1 Å². The van der Waals surface area contributed by atoms with Gasteiger partial charge in [0.2, 0.25) is 11.8 Å². The predicted octanol–water partition coefficient (Wildman–Crippen LogP) is 2.72. The molecule has 1 aromatic carbocycles. The van der Waals surface area contributed by atoms with E-state index in [0.717, 1.165) is 35.2 Å². The van der Waals surface area contributed by atoms with Crippen LogP contribution in [0.15, 0.2) is 22.7 Å². The van der Waals surface area contributed by atoms with Gasteiger partial charge in [-0.15, -0.1) is 0 Å². The molecule has 0 aliphatic carbocycles. The van der Waals surface area contributed by atoms with Crippen molar-refractivity contribution in [1.29, 1.82) is 0 Å². The fraction of sp³-hybridized carbons (Fsp3) is 0.500. The topological polar surface area (TPSA) is 58.6 Å². The first-order chi connectivity index (χ1) is 10.5. The van der Waals surface area contributed by atoms with Gasteiger partial charge in [-0.3, -0.25) is 9.59 Å². The van der Waals surface area contributed by atoms with Crippen LogP contribution >= 0.6 is 15.9 Å². The van der Waals surface area contributed by atoms with Gasteiger partial charge in [0.15, 0.2) is 0 Å². The normalized spacial score (nSPS) is 17.3. The zero-order valence-corrected chi connectivity index (χ0v) is 14.5. The lowest BCUT2D eigenvalue weighted by Crippen LogP contribution is -2.41. The zero-order chi connectivity index (χ0) is 16.1. The third-order valence-electron chi connectivity index (χ3n) is 3.67. The molecule has 1 N–H and O–H groups in total. The molecule has 22 heavy (non-hydrogen) atoms. The van der Waals surface area contributed by atoms with Crippen LogP contribution < -0.4 is 5.32 Å². The highest BCUT2D eigenvalue weighted by molar-refractivity contribution is 9.10. The number of halogens is 1. The van der Waals surface area contributed by atoms with Crippen molar-refractivity contribution < 1.29 is 14.3 Å². The molecule has 1 aliphatic rings. The first-order valence-corrected chi connectivity index (χ1v) is 8.18. The van der Waals surface area contributed by atoms with E-state index in [-0.39, 0.29) is 24.5 Å². The maximum absolute atomic E-state index is 12.1. The van der Waals surface area contributed by atoms with Gasteiger partial charge in [0.1, 0.15) is 0 Å². The minimum atomic E-state index is -0.199. The number of rotatable bonds is 5. The molecule has 1 saturated heterocycles. The summed E-state index contributed by atoms with van der Waals surface area (Å²) < 4.78 is 6.53. The Balaban J connectivity index is 1.92. The van der Waals surface area contributed by atoms with Crippen molar-refractivity contribution in [3.05, 3.63) is 28.2 Å². The van der Waals surface area contributed by atoms with Crippen LogP contribution in [0.1, 0.15) is 25.3 Å². The minimum Gasteiger partial charge on any atom is -0.376 e. The van der Waals surface area contributed by atoms with E-state index >= 15 is 0 Å². The van der Waals surface area contributed by atoms with E-state index < -0.39 is 0 Å². The Bertz CT molecular complexity index is 556. The van der Waals surface area contributed by atoms with E-state index in [1.165, 1.54) is 11.8 Å². The molecule has 1 aromatic rings. The van der Waals surface area contributed by atoms with Gasteiger partial charge in [-0.2, -0.15) is 0 Å². The lowest BCUT2D eigenvalue weighted by atomic mass is 10.2. The molecule has 0 aromatic heterocycles. The molecule has 0 saturated carbocycles. The highest BCUT2D eigenvalue weighted by atomic mass is 79.9. The Hall–Kier alpha value is -1.40. The molecule has 1 aliphatic heterocycles. The number of nitrogens with one attached hydrogen (secondary N) is 1. The summed E-state index contributed by atoms with van der Waals surface area (Å²) >= 11 is 3.42.